The molecule has 0 heterocycles. The van der Waals surface area contributed by atoms with E-state index < -0.39 is 11.7 Å². The zero-order valence-electron chi connectivity index (χ0n) is 10.4. The fourth-order valence-corrected chi connectivity index (χ4v) is 1.97. The summed E-state index contributed by atoms with van der Waals surface area (Å²) >= 11 is 5.97. The lowest BCUT2D eigenvalue weighted by molar-refractivity contribution is 0.0996. The number of rotatable bonds is 4. The van der Waals surface area contributed by atoms with Crippen LogP contribution in [0.3, 0.4) is 0 Å². The highest BCUT2D eigenvalue weighted by atomic mass is 35.5. The van der Waals surface area contributed by atoms with Gasteiger partial charge in [0.2, 0.25) is 0 Å². The van der Waals surface area contributed by atoms with Gasteiger partial charge in [-0.1, -0.05) is 17.7 Å². The number of phenolic OH excluding ortho intramolecular Hbond substituents is 1. The maximum absolute atomic E-state index is 13.3. The molecule has 0 aliphatic carbocycles. The van der Waals surface area contributed by atoms with Gasteiger partial charge in [0.05, 0.1) is 5.56 Å². The van der Waals surface area contributed by atoms with E-state index in [1.165, 1.54) is 18.2 Å². The van der Waals surface area contributed by atoms with Gasteiger partial charge in [-0.2, -0.15) is 0 Å². The number of benzene rings is 2. The molecular formula is C14H12ClFN2O2. The number of hydrogen-bond donors (Lipinski definition) is 3. The summed E-state index contributed by atoms with van der Waals surface area (Å²) in [7, 11) is 0. The first-order chi connectivity index (χ1) is 9.49. The highest BCUT2D eigenvalue weighted by molar-refractivity contribution is 6.31. The number of halogens is 2. The lowest BCUT2D eigenvalue weighted by Gasteiger charge is -2.10. The van der Waals surface area contributed by atoms with Gasteiger partial charge in [0, 0.05) is 22.8 Å². The number of nitrogens with one attached hydrogen (secondary N) is 1. The van der Waals surface area contributed by atoms with Crippen molar-refractivity contribution < 1.29 is 14.3 Å². The third-order valence-corrected chi connectivity index (χ3v) is 3.15. The van der Waals surface area contributed by atoms with Crippen LogP contribution < -0.4 is 11.1 Å². The first-order valence-corrected chi connectivity index (χ1v) is 6.16. The molecule has 2 aromatic rings. The zero-order valence-corrected chi connectivity index (χ0v) is 11.1. The van der Waals surface area contributed by atoms with Crippen molar-refractivity contribution in [2.24, 2.45) is 5.73 Å². The fourth-order valence-electron chi connectivity index (χ4n) is 1.74. The summed E-state index contributed by atoms with van der Waals surface area (Å²) < 4.78 is 13.3. The highest BCUT2D eigenvalue weighted by Gasteiger charge is 2.10. The number of nitrogens with two attached hydrogens (primary N) is 1. The minimum Gasteiger partial charge on any atom is -0.508 e. The maximum Gasteiger partial charge on any atom is 0.251 e. The van der Waals surface area contributed by atoms with Crippen molar-refractivity contribution in [3.63, 3.8) is 0 Å². The molecule has 20 heavy (non-hydrogen) atoms. The monoisotopic (exact) mass is 294 g/mol. The Morgan fingerprint density at radius 1 is 1.35 bits per heavy atom. The molecular weight excluding hydrogens is 283 g/mol. The summed E-state index contributed by atoms with van der Waals surface area (Å²) in [5.41, 5.74) is 5.89. The number of carbonyl (C=O) groups is 1. The molecule has 6 heteroatoms. The Labute approximate surface area is 120 Å². The fraction of sp³-hybridized carbons (Fsp3) is 0.0714. The van der Waals surface area contributed by atoms with Crippen molar-refractivity contribution in [3.8, 4) is 5.75 Å². The van der Waals surface area contributed by atoms with Crippen LogP contribution in [0.15, 0.2) is 36.4 Å². The Hall–Kier alpha value is -2.27. The maximum atomic E-state index is 13.3. The first-order valence-electron chi connectivity index (χ1n) is 5.78. The van der Waals surface area contributed by atoms with Gasteiger partial charge in [0.25, 0.3) is 5.91 Å². The number of hydrogen-bond acceptors (Lipinski definition) is 3. The molecule has 0 aliphatic rings. The second-order valence-corrected chi connectivity index (χ2v) is 4.56. The second kappa shape index (κ2) is 5.79. The SMILES string of the molecule is NC(=O)c1cc(NCc2c(O)cccc2Cl)ccc1F. The Bertz CT molecular complexity index is 641. The Kier molecular flexibility index (Phi) is 4.10. The summed E-state index contributed by atoms with van der Waals surface area (Å²) in [5.74, 6) is -1.46. The third-order valence-electron chi connectivity index (χ3n) is 2.80. The van der Waals surface area contributed by atoms with Gasteiger partial charge < -0.3 is 16.2 Å². The van der Waals surface area contributed by atoms with E-state index in [0.717, 1.165) is 6.07 Å². The number of phenols is 1. The lowest BCUT2D eigenvalue weighted by Crippen LogP contribution is -2.13. The van der Waals surface area contributed by atoms with Gasteiger partial charge in [-0.15, -0.1) is 0 Å². The van der Waals surface area contributed by atoms with Crippen LogP contribution in [-0.2, 0) is 6.54 Å². The number of carbonyl (C=O) groups excluding carboxylic acids is 1. The largest absolute Gasteiger partial charge is 0.508 e. The molecule has 1 amide bonds. The quantitative estimate of drug-likeness (QED) is 0.811. The van der Waals surface area contributed by atoms with Crippen LogP contribution in [-0.4, -0.2) is 11.0 Å². The van der Waals surface area contributed by atoms with E-state index in [0.29, 0.717) is 16.3 Å². The molecule has 0 saturated carbocycles. The molecule has 0 unspecified atom stereocenters. The zero-order chi connectivity index (χ0) is 14.7. The Morgan fingerprint density at radius 3 is 2.75 bits per heavy atom. The summed E-state index contributed by atoms with van der Waals surface area (Å²) in [5, 5.41) is 13.1. The number of primary amides is 1. The molecule has 0 aromatic heterocycles. The van der Waals surface area contributed by atoms with Gasteiger partial charge >= 0.3 is 0 Å². The van der Waals surface area contributed by atoms with Crippen molar-refractivity contribution in [1.82, 2.24) is 0 Å². The molecule has 0 saturated heterocycles. The molecule has 0 aliphatic heterocycles. The minimum absolute atomic E-state index is 0.0576. The summed E-state index contributed by atoms with van der Waals surface area (Å²) in [6, 6.07) is 8.72. The molecule has 0 atom stereocenters. The molecule has 0 fully saturated rings. The van der Waals surface area contributed by atoms with Crippen LogP contribution in [0.5, 0.6) is 5.75 Å². The average molecular weight is 295 g/mol. The number of aromatic hydroxyl groups is 1. The van der Waals surface area contributed by atoms with E-state index in [-0.39, 0.29) is 17.9 Å². The van der Waals surface area contributed by atoms with Crippen molar-refractivity contribution in [2.75, 3.05) is 5.32 Å². The van der Waals surface area contributed by atoms with Crippen LogP contribution >= 0.6 is 11.6 Å². The third kappa shape index (κ3) is 3.00. The molecule has 0 radical (unpaired) electrons. The molecule has 104 valence electrons. The van der Waals surface area contributed by atoms with E-state index in [9.17, 15) is 14.3 Å². The molecule has 2 rings (SSSR count). The number of anilines is 1. The van der Waals surface area contributed by atoms with Gasteiger partial charge in [0.15, 0.2) is 0 Å². The van der Waals surface area contributed by atoms with Gasteiger partial charge in [0.1, 0.15) is 11.6 Å². The topological polar surface area (TPSA) is 75.4 Å². The van der Waals surface area contributed by atoms with Crippen LogP contribution in [0.25, 0.3) is 0 Å². The van der Waals surface area contributed by atoms with E-state index >= 15 is 0 Å². The summed E-state index contributed by atoms with van der Waals surface area (Å²) in [4.78, 5) is 11.0. The van der Waals surface area contributed by atoms with Gasteiger partial charge in [-0.25, -0.2) is 4.39 Å². The highest BCUT2D eigenvalue weighted by Crippen LogP contribution is 2.26. The lowest BCUT2D eigenvalue weighted by atomic mass is 10.1. The second-order valence-electron chi connectivity index (χ2n) is 4.15. The van der Waals surface area contributed by atoms with E-state index in [4.69, 9.17) is 17.3 Å². The summed E-state index contributed by atoms with van der Waals surface area (Å²) in [6.07, 6.45) is 0. The molecule has 4 nitrogen and oxygen atoms in total. The predicted octanol–water partition coefficient (Wildman–Crippen LogP) is 2.90. The number of amides is 1. The minimum atomic E-state index is -0.841. The summed E-state index contributed by atoms with van der Waals surface area (Å²) in [6.45, 7) is 0.231. The normalized spacial score (nSPS) is 10.3. The van der Waals surface area contributed by atoms with E-state index in [2.05, 4.69) is 5.32 Å². The van der Waals surface area contributed by atoms with Gasteiger partial charge in [-0.05, 0) is 30.3 Å². The first kappa shape index (κ1) is 14.1. The van der Waals surface area contributed by atoms with Crippen molar-refractivity contribution in [3.05, 3.63) is 58.4 Å². The Morgan fingerprint density at radius 2 is 2.10 bits per heavy atom. The van der Waals surface area contributed by atoms with E-state index in [1.807, 2.05) is 0 Å². The van der Waals surface area contributed by atoms with E-state index in [1.54, 1.807) is 12.1 Å². The van der Waals surface area contributed by atoms with Crippen LogP contribution in [0.1, 0.15) is 15.9 Å². The van der Waals surface area contributed by atoms with Gasteiger partial charge in [-0.3, -0.25) is 4.79 Å². The van der Waals surface area contributed by atoms with Crippen LogP contribution in [0, 0.1) is 5.82 Å². The Balaban J connectivity index is 2.19. The molecule has 0 spiro atoms. The van der Waals surface area contributed by atoms with Crippen molar-refractivity contribution in [2.45, 2.75) is 6.54 Å². The molecule has 2 aromatic carbocycles. The van der Waals surface area contributed by atoms with Crippen LogP contribution in [0.4, 0.5) is 10.1 Å². The molecule has 0 bridgehead atoms. The van der Waals surface area contributed by atoms with Crippen molar-refractivity contribution in [1.29, 1.82) is 0 Å². The smallest absolute Gasteiger partial charge is 0.251 e. The molecule has 4 N–H and O–H groups in total. The van der Waals surface area contributed by atoms with Crippen LogP contribution in [0.2, 0.25) is 5.02 Å². The van der Waals surface area contributed by atoms with Crippen molar-refractivity contribution >= 4 is 23.2 Å². The standard InChI is InChI=1S/C14H12ClFN2O2/c15-11-2-1-3-13(19)10(11)7-18-8-4-5-12(16)9(6-8)14(17)20/h1-6,18-19H,7H2,(H2,17,20). The predicted molar refractivity (Wildman–Crippen MR) is 75.4 cm³/mol. The average Bonchev–Trinajstić information content (AvgIpc) is 2.39.